The van der Waals surface area contributed by atoms with Crippen LogP contribution in [0, 0.1) is 11.8 Å². The third-order valence-corrected chi connectivity index (χ3v) is 6.58. The van der Waals surface area contributed by atoms with Gasteiger partial charge < -0.3 is 0 Å². The average Bonchev–Trinajstić information content (AvgIpc) is 2.32. The Hall–Kier alpha value is 0.440. The molecule has 86 valence electrons. The van der Waals surface area contributed by atoms with Gasteiger partial charge in [0.15, 0.2) is 17.1 Å². The summed E-state index contributed by atoms with van der Waals surface area (Å²) in [7, 11) is 0. The van der Waals surface area contributed by atoms with Crippen LogP contribution in [0.2, 0.25) is 0 Å². The molecule has 1 aliphatic heterocycles. The highest BCUT2D eigenvalue weighted by Gasteiger charge is 2.30. The van der Waals surface area contributed by atoms with Crippen molar-refractivity contribution in [2.75, 3.05) is 11.5 Å². The first kappa shape index (κ1) is 11.9. The quantitative estimate of drug-likeness (QED) is 0.534. The standard InChI is InChI=1S/C13H23S2/c1-2-4-11-5-7-12(8-6-11)13-14-9-3-10-15-13/h11-12H,2-10H2,1H3/q+1. The lowest BCUT2D eigenvalue weighted by molar-refractivity contribution is 0.307. The lowest BCUT2D eigenvalue weighted by Gasteiger charge is -2.26. The van der Waals surface area contributed by atoms with Crippen molar-refractivity contribution in [1.29, 1.82) is 0 Å². The molecule has 0 saturated heterocycles. The first-order valence-electron chi connectivity index (χ1n) is 6.52. The Morgan fingerprint density at radius 2 is 2.07 bits per heavy atom. The minimum atomic E-state index is 0.966. The fraction of sp³-hybridized carbons (Fsp3) is 0.923. The van der Waals surface area contributed by atoms with E-state index in [0.717, 1.165) is 11.8 Å². The number of thioether (sulfide) groups is 1. The van der Waals surface area contributed by atoms with Crippen LogP contribution in [-0.4, -0.2) is 15.7 Å². The van der Waals surface area contributed by atoms with Crippen LogP contribution in [0.5, 0.6) is 0 Å². The summed E-state index contributed by atoms with van der Waals surface area (Å²) >= 11 is 4.33. The van der Waals surface area contributed by atoms with Crippen LogP contribution in [0.15, 0.2) is 0 Å². The Labute approximate surface area is 103 Å². The normalized spacial score (nSPS) is 32.5. The van der Waals surface area contributed by atoms with Crippen molar-refractivity contribution in [2.45, 2.75) is 51.9 Å². The lowest BCUT2D eigenvalue weighted by Crippen LogP contribution is -2.23. The molecule has 1 fully saturated rings. The molecule has 1 heterocycles. The first-order valence-corrected chi connectivity index (χ1v) is 8.49. The summed E-state index contributed by atoms with van der Waals surface area (Å²) in [5.74, 6) is 4.80. The van der Waals surface area contributed by atoms with Crippen molar-refractivity contribution in [3.63, 3.8) is 0 Å². The maximum absolute atomic E-state index is 2.33. The fourth-order valence-electron chi connectivity index (χ4n) is 2.78. The monoisotopic (exact) mass is 243 g/mol. The second-order valence-corrected chi connectivity index (χ2v) is 7.41. The molecule has 0 aromatic rings. The Balaban J connectivity index is 1.79. The van der Waals surface area contributed by atoms with Gasteiger partial charge in [0, 0.05) is 18.1 Å². The van der Waals surface area contributed by atoms with Gasteiger partial charge in [-0.2, -0.15) is 0 Å². The van der Waals surface area contributed by atoms with E-state index in [-0.39, 0.29) is 0 Å². The van der Waals surface area contributed by atoms with Crippen molar-refractivity contribution in [2.24, 2.45) is 11.8 Å². The van der Waals surface area contributed by atoms with E-state index < -0.39 is 0 Å². The molecule has 2 rings (SSSR count). The predicted octanol–water partition coefficient (Wildman–Crippen LogP) is 3.94. The van der Waals surface area contributed by atoms with Gasteiger partial charge in [-0.1, -0.05) is 31.5 Å². The van der Waals surface area contributed by atoms with Gasteiger partial charge in [0.25, 0.3) is 0 Å². The summed E-state index contributed by atoms with van der Waals surface area (Å²) in [4.78, 5) is 0. The number of rotatable bonds is 3. The molecule has 0 N–H and O–H groups in total. The minimum Gasteiger partial charge on any atom is -0.0694 e. The highest BCUT2D eigenvalue weighted by atomic mass is 32.2. The summed E-state index contributed by atoms with van der Waals surface area (Å²) in [5, 5.41) is 0. The Morgan fingerprint density at radius 3 is 2.67 bits per heavy atom. The zero-order valence-corrected chi connectivity index (χ0v) is 11.5. The first-order chi connectivity index (χ1) is 7.40. The van der Waals surface area contributed by atoms with Crippen LogP contribution in [0.4, 0.5) is 0 Å². The van der Waals surface area contributed by atoms with E-state index in [1.165, 1.54) is 56.5 Å². The molecule has 0 unspecified atom stereocenters. The molecule has 0 nitrogen and oxygen atoms in total. The summed E-state index contributed by atoms with van der Waals surface area (Å²) < 4.78 is 1.79. The summed E-state index contributed by atoms with van der Waals surface area (Å²) in [6.45, 7) is 2.33. The lowest BCUT2D eigenvalue weighted by atomic mass is 9.81. The maximum Gasteiger partial charge on any atom is 0.237 e. The third kappa shape index (κ3) is 3.45. The molecule has 0 amide bonds. The molecule has 0 spiro atoms. The van der Waals surface area contributed by atoms with E-state index in [4.69, 9.17) is 0 Å². The second kappa shape index (κ2) is 6.24. The summed E-state index contributed by atoms with van der Waals surface area (Å²) in [6.07, 6.45) is 10.3. The van der Waals surface area contributed by atoms with E-state index in [9.17, 15) is 0 Å². The second-order valence-electron chi connectivity index (χ2n) is 4.88. The van der Waals surface area contributed by atoms with E-state index in [0.29, 0.717) is 0 Å². The molecule has 0 atom stereocenters. The van der Waals surface area contributed by atoms with Crippen LogP contribution in [0.25, 0.3) is 0 Å². The molecule has 15 heavy (non-hydrogen) atoms. The third-order valence-electron chi connectivity index (χ3n) is 3.65. The van der Waals surface area contributed by atoms with Gasteiger partial charge in [0.05, 0.1) is 0 Å². The van der Waals surface area contributed by atoms with Crippen LogP contribution in [0.3, 0.4) is 0 Å². The summed E-state index contributed by atoms with van der Waals surface area (Å²) in [6, 6.07) is 0. The Morgan fingerprint density at radius 1 is 1.27 bits per heavy atom. The summed E-state index contributed by atoms with van der Waals surface area (Å²) in [5.41, 5.74) is 0. The van der Waals surface area contributed by atoms with Crippen molar-refractivity contribution in [3.05, 3.63) is 0 Å². The number of hydrogen-bond donors (Lipinski definition) is 0. The van der Waals surface area contributed by atoms with Crippen molar-refractivity contribution in [1.82, 2.24) is 0 Å². The Bertz CT molecular complexity index is 215. The van der Waals surface area contributed by atoms with Gasteiger partial charge >= 0.3 is 0 Å². The molecule has 0 aromatic carbocycles. The van der Waals surface area contributed by atoms with Gasteiger partial charge in [-0.05, 0) is 31.6 Å². The molecular formula is C13H23S2+. The van der Waals surface area contributed by atoms with Gasteiger partial charge in [-0.15, -0.1) is 0 Å². The smallest absolute Gasteiger partial charge is 0.0694 e. The molecule has 1 saturated carbocycles. The largest absolute Gasteiger partial charge is 0.237 e. The predicted molar refractivity (Wildman–Crippen MR) is 74.7 cm³/mol. The molecular weight excluding hydrogens is 220 g/mol. The highest BCUT2D eigenvalue weighted by Crippen LogP contribution is 2.35. The van der Waals surface area contributed by atoms with E-state index >= 15 is 0 Å². The highest BCUT2D eigenvalue weighted by molar-refractivity contribution is 8.23. The van der Waals surface area contributed by atoms with Crippen LogP contribution in [0.1, 0.15) is 51.9 Å². The number of hydrogen-bond acceptors (Lipinski definition) is 1. The van der Waals surface area contributed by atoms with Gasteiger partial charge in [0.2, 0.25) is 4.20 Å². The zero-order valence-electron chi connectivity index (χ0n) is 9.84. The van der Waals surface area contributed by atoms with Gasteiger partial charge in [0.1, 0.15) is 0 Å². The minimum absolute atomic E-state index is 0.966. The average molecular weight is 243 g/mol. The zero-order chi connectivity index (χ0) is 10.5. The molecule has 0 aromatic heterocycles. The fourth-order valence-corrected chi connectivity index (χ4v) is 5.72. The molecule has 2 heteroatoms. The van der Waals surface area contributed by atoms with Crippen molar-refractivity contribution in [3.8, 4) is 0 Å². The SMILES string of the molecule is CCCC1CCC(C2=[S+]CCCS2)CC1. The van der Waals surface area contributed by atoms with Gasteiger partial charge in [-0.25, -0.2) is 0 Å². The molecule has 0 bridgehead atoms. The van der Waals surface area contributed by atoms with Crippen molar-refractivity contribution >= 4 is 27.3 Å². The topological polar surface area (TPSA) is 0 Å². The van der Waals surface area contributed by atoms with E-state index in [1.54, 1.807) is 4.20 Å². The maximum atomic E-state index is 2.33. The van der Waals surface area contributed by atoms with Crippen LogP contribution < -0.4 is 0 Å². The van der Waals surface area contributed by atoms with E-state index in [1.807, 2.05) is 0 Å². The molecule has 1 aliphatic carbocycles. The van der Waals surface area contributed by atoms with E-state index in [2.05, 4.69) is 30.0 Å². The van der Waals surface area contributed by atoms with Gasteiger partial charge in [-0.3, -0.25) is 0 Å². The van der Waals surface area contributed by atoms with Crippen LogP contribution in [-0.2, 0) is 11.4 Å². The van der Waals surface area contributed by atoms with Crippen LogP contribution >= 0.6 is 11.8 Å². The molecule has 0 radical (unpaired) electrons. The molecule has 2 aliphatic rings. The Kier molecular flexibility index (Phi) is 4.96. The van der Waals surface area contributed by atoms with Crippen molar-refractivity contribution < 1.29 is 0 Å².